The summed E-state index contributed by atoms with van der Waals surface area (Å²) in [7, 11) is 0. The lowest BCUT2D eigenvalue weighted by Gasteiger charge is -2.07. The Kier molecular flexibility index (Phi) is 3.20. The average Bonchev–Trinajstić information content (AvgIpc) is 2.83. The number of hydrogen-bond donors (Lipinski definition) is 3. The number of hydrogen-bond acceptors (Lipinski definition) is 3. The second-order valence-electron chi connectivity index (χ2n) is 3.74. The minimum atomic E-state index is -0.506. The number of rotatable bonds is 3. The fourth-order valence-electron chi connectivity index (χ4n) is 1.42. The van der Waals surface area contributed by atoms with Crippen LogP contribution in [0.1, 0.15) is 28.9 Å². The number of aromatic amines is 1. The molecule has 2 rings (SSSR count). The van der Waals surface area contributed by atoms with Crippen LogP contribution in [0.5, 0.6) is 0 Å². The number of anilines is 1. The summed E-state index contributed by atoms with van der Waals surface area (Å²) in [4.78, 5) is 11.7. The van der Waals surface area contributed by atoms with Gasteiger partial charge in [-0.3, -0.25) is 9.89 Å². The summed E-state index contributed by atoms with van der Waals surface area (Å²) in [5, 5.41) is 18.4. The minimum Gasteiger partial charge on any atom is -0.389 e. The molecule has 1 amide bonds. The molecule has 0 aliphatic heterocycles. The zero-order valence-corrected chi connectivity index (χ0v) is 9.34. The maximum absolute atomic E-state index is 11.7. The molecule has 17 heavy (non-hydrogen) atoms. The van der Waals surface area contributed by atoms with Crippen LogP contribution in [0.15, 0.2) is 36.7 Å². The maximum Gasteiger partial charge on any atom is 0.258 e. The first kappa shape index (κ1) is 11.3. The second kappa shape index (κ2) is 4.80. The molecule has 0 saturated carbocycles. The average molecular weight is 231 g/mol. The number of aliphatic hydroxyl groups excluding tert-OH is 1. The van der Waals surface area contributed by atoms with Crippen LogP contribution >= 0.6 is 0 Å². The van der Waals surface area contributed by atoms with Crippen molar-refractivity contribution in [2.75, 3.05) is 5.32 Å². The Morgan fingerprint density at radius 3 is 2.65 bits per heavy atom. The standard InChI is InChI=1S/C12H13N3O2/c1-8(16)9-2-4-11(5-3-9)15-12(17)10-6-13-14-7-10/h2-8,16H,1H3,(H,13,14)(H,15,17). The highest BCUT2D eigenvalue weighted by molar-refractivity contribution is 6.03. The van der Waals surface area contributed by atoms with Crippen molar-refractivity contribution in [3.8, 4) is 0 Å². The van der Waals surface area contributed by atoms with Crippen molar-refractivity contribution in [2.45, 2.75) is 13.0 Å². The highest BCUT2D eigenvalue weighted by Gasteiger charge is 2.07. The Morgan fingerprint density at radius 1 is 1.41 bits per heavy atom. The number of benzene rings is 1. The molecule has 1 heterocycles. The van der Waals surface area contributed by atoms with Crippen LogP contribution in [-0.4, -0.2) is 21.2 Å². The summed E-state index contributed by atoms with van der Waals surface area (Å²) in [6.45, 7) is 1.69. The van der Waals surface area contributed by atoms with Crippen LogP contribution in [0.25, 0.3) is 0 Å². The predicted molar refractivity (Wildman–Crippen MR) is 63.6 cm³/mol. The number of aliphatic hydroxyl groups is 1. The Hall–Kier alpha value is -2.14. The number of aromatic nitrogens is 2. The van der Waals surface area contributed by atoms with Gasteiger partial charge >= 0.3 is 0 Å². The molecule has 2 aromatic rings. The van der Waals surface area contributed by atoms with Gasteiger partial charge in [0.05, 0.1) is 17.9 Å². The molecular formula is C12H13N3O2. The van der Waals surface area contributed by atoms with E-state index in [0.717, 1.165) is 5.56 Å². The van der Waals surface area contributed by atoms with Gasteiger partial charge in [0.1, 0.15) is 0 Å². The van der Waals surface area contributed by atoms with E-state index in [0.29, 0.717) is 11.3 Å². The van der Waals surface area contributed by atoms with E-state index in [1.165, 1.54) is 12.4 Å². The first-order valence-corrected chi connectivity index (χ1v) is 5.25. The van der Waals surface area contributed by atoms with Crippen LogP contribution < -0.4 is 5.32 Å². The number of amides is 1. The predicted octanol–water partition coefficient (Wildman–Crippen LogP) is 1.72. The van der Waals surface area contributed by atoms with Crippen molar-refractivity contribution < 1.29 is 9.90 Å². The van der Waals surface area contributed by atoms with E-state index in [1.807, 2.05) is 0 Å². The molecule has 0 fully saturated rings. The largest absolute Gasteiger partial charge is 0.389 e. The normalized spacial score (nSPS) is 12.1. The van der Waals surface area contributed by atoms with Crippen molar-refractivity contribution >= 4 is 11.6 Å². The molecule has 5 nitrogen and oxygen atoms in total. The van der Waals surface area contributed by atoms with Gasteiger partial charge in [-0.15, -0.1) is 0 Å². The molecule has 0 radical (unpaired) electrons. The zero-order chi connectivity index (χ0) is 12.3. The van der Waals surface area contributed by atoms with Gasteiger partial charge in [0.2, 0.25) is 0 Å². The molecule has 88 valence electrons. The zero-order valence-electron chi connectivity index (χ0n) is 9.34. The molecule has 0 aliphatic carbocycles. The number of carbonyl (C=O) groups excluding carboxylic acids is 1. The Balaban J connectivity index is 2.07. The van der Waals surface area contributed by atoms with Gasteiger partial charge in [0, 0.05) is 11.9 Å². The van der Waals surface area contributed by atoms with E-state index in [1.54, 1.807) is 31.2 Å². The van der Waals surface area contributed by atoms with Crippen molar-refractivity contribution in [1.29, 1.82) is 0 Å². The molecule has 5 heteroatoms. The number of H-pyrrole nitrogens is 1. The first-order chi connectivity index (χ1) is 8.16. The van der Waals surface area contributed by atoms with Crippen molar-refractivity contribution in [3.05, 3.63) is 47.8 Å². The smallest absolute Gasteiger partial charge is 0.258 e. The van der Waals surface area contributed by atoms with Gasteiger partial charge in [0.25, 0.3) is 5.91 Å². The van der Waals surface area contributed by atoms with Crippen molar-refractivity contribution in [2.24, 2.45) is 0 Å². The van der Waals surface area contributed by atoms with E-state index in [9.17, 15) is 9.90 Å². The van der Waals surface area contributed by atoms with Gasteiger partial charge < -0.3 is 10.4 Å². The van der Waals surface area contributed by atoms with E-state index in [2.05, 4.69) is 15.5 Å². The third kappa shape index (κ3) is 2.70. The Bertz CT molecular complexity index is 489. The van der Waals surface area contributed by atoms with Gasteiger partial charge in [0.15, 0.2) is 0 Å². The monoisotopic (exact) mass is 231 g/mol. The Morgan fingerprint density at radius 2 is 2.12 bits per heavy atom. The van der Waals surface area contributed by atoms with Gasteiger partial charge in [-0.05, 0) is 24.6 Å². The molecule has 0 saturated heterocycles. The van der Waals surface area contributed by atoms with E-state index in [4.69, 9.17) is 0 Å². The number of nitrogens with one attached hydrogen (secondary N) is 2. The van der Waals surface area contributed by atoms with Gasteiger partial charge in [-0.1, -0.05) is 12.1 Å². The molecule has 1 unspecified atom stereocenters. The summed E-state index contributed by atoms with van der Waals surface area (Å²) >= 11 is 0. The van der Waals surface area contributed by atoms with Crippen LogP contribution in [0.3, 0.4) is 0 Å². The topological polar surface area (TPSA) is 78.0 Å². The number of nitrogens with zero attached hydrogens (tertiary/aromatic N) is 1. The molecule has 0 bridgehead atoms. The van der Waals surface area contributed by atoms with Crippen molar-refractivity contribution in [3.63, 3.8) is 0 Å². The Labute approximate surface area is 98.5 Å². The summed E-state index contributed by atoms with van der Waals surface area (Å²) in [5.41, 5.74) is 1.97. The van der Waals surface area contributed by atoms with Crippen LogP contribution in [0.2, 0.25) is 0 Å². The van der Waals surface area contributed by atoms with E-state index in [-0.39, 0.29) is 5.91 Å². The summed E-state index contributed by atoms with van der Waals surface area (Å²) in [6.07, 6.45) is 2.48. The highest BCUT2D eigenvalue weighted by Crippen LogP contribution is 2.16. The lowest BCUT2D eigenvalue weighted by molar-refractivity contribution is 0.102. The summed E-state index contributed by atoms with van der Waals surface area (Å²) in [6, 6.07) is 7.05. The van der Waals surface area contributed by atoms with Crippen LogP contribution in [0, 0.1) is 0 Å². The molecule has 0 spiro atoms. The van der Waals surface area contributed by atoms with Crippen molar-refractivity contribution in [1.82, 2.24) is 10.2 Å². The maximum atomic E-state index is 11.7. The van der Waals surface area contributed by atoms with Gasteiger partial charge in [-0.2, -0.15) is 5.10 Å². The molecule has 3 N–H and O–H groups in total. The molecule has 1 aromatic carbocycles. The fourth-order valence-corrected chi connectivity index (χ4v) is 1.42. The second-order valence-corrected chi connectivity index (χ2v) is 3.74. The molecule has 0 aliphatic rings. The minimum absolute atomic E-state index is 0.219. The van der Waals surface area contributed by atoms with E-state index < -0.39 is 6.10 Å². The van der Waals surface area contributed by atoms with Crippen LogP contribution in [-0.2, 0) is 0 Å². The third-order valence-corrected chi connectivity index (χ3v) is 2.41. The fraction of sp³-hybridized carbons (Fsp3) is 0.167. The molecule has 1 aromatic heterocycles. The first-order valence-electron chi connectivity index (χ1n) is 5.25. The molecule has 1 atom stereocenters. The lowest BCUT2D eigenvalue weighted by Crippen LogP contribution is -2.10. The SMILES string of the molecule is CC(O)c1ccc(NC(=O)c2cn[nH]c2)cc1. The lowest BCUT2D eigenvalue weighted by atomic mass is 10.1. The molecular weight excluding hydrogens is 218 g/mol. The van der Waals surface area contributed by atoms with E-state index >= 15 is 0 Å². The van der Waals surface area contributed by atoms with Crippen LogP contribution in [0.4, 0.5) is 5.69 Å². The highest BCUT2D eigenvalue weighted by atomic mass is 16.3. The summed E-state index contributed by atoms with van der Waals surface area (Å²) < 4.78 is 0. The quantitative estimate of drug-likeness (QED) is 0.752. The summed E-state index contributed by atoms with van der Waals surface area (Å²) in [5.74, 6) is -0.219. The third-order valence-electron chi connectivity index (χ3n) is 2.41. The number of carbonyl (C=O) groups is 1. The van der Waals surface area contributed by atoms with Gasteiger partial charge in [-0.25, -0.2) is 0 Å².